The van der Waals surface area contributed by atoms with Crippen LogP contribution < -0.4 is 4.90 Å². The van der Waals surface area contributed by atoms with Gasteiger partial charge in [-0.25, -0.2) is 9.29 Å². The number of benzene rings is 2. The Morgan fingerprint density at radius 1 is 1.17 bits per heavy atom. The molecule has 7 heteroatoms. The lowest BCUT2D eigenvalue weighted by atomic mass is 9.85. The highest BCUT2D eigenvalue weighted by Crippen LogP contribution is 2.41. The Morgan fingerprint density at radius 3 is 2.46 bits per heavy atom. The Labute approximate surface area is 147 Å². The number of aliphatic hydroxyl groups is 1. The smallest absolute Gasteiger partial charge is 0.273 e. The number of fused-ring (bicyclic) bond motifs is 1. The fourth-order valence-corrected chi connectivity index (χ4v) is 3.09. The number of halogens is 3. The third-order valence-electron chi connectivity index (χ3n) is 4.03. The summed E-state index contributed by atoms with van der Waals surface area (Å²) in [6, 6.07) is 9.90. The van der Waals surface area contributed by atoms with Crippen molar-refractivity contribution in [1.29, 1.82) is 0 Å². The highest BCUT2D eigenvalue weighted by molar-refractivity contribution is 6.47. The van der Waals surface area contributed by atoms with Crippen LogP contribution in [0.4, 0.5) is 10.1 Å². The Bertz CT molecular complexity index is 855. The number of hydrogen-bond donors (Lipinski definition) is 1. The van der Waals surface area contributed by atoms with E-state index >= 15 is 0 Å². The van der Waals surface area contributed by atoms with Crippen LogP contribution in [0.3, 0.4) is 0 Å². The molecule has 1 atom stereocenters. The lowest BCUT2D eigenvalue weighted by Gasteiger charge is -2.38. The van der Waals surface area contributed by atoms with Crippen molar-refractivity contribution in [2.45, 2.75) is 17.4 Å². The Kier molecular flexibility index (Phi) is 4.11. The fraction of sp³-hybridized carbons (Fsp3) is 0.176. The van der Waals surface area contributed by atoms with Gasteiger partial charge in [0.1, 0.15) is 10.7 Å². The summed E-state index contributed by atoms with van der Waals surface area (Å²) in [6.07, 6.45) is 0. The van der Waals surface area contributed by atoms with Crippen molar-refractivity contribution in [1.82, 2.24) is 0 Å². The Hall–Kier alpha value is -1.95. The number of nitrogens with zero attached hydrogens (tertiary/aromatic N) is 1. The maximum absolute atomic E-state index is 13.9. The van der Waals surface area contributed by atoms with Crippen molar-refractivity contribution >= 4 is 40.7 Å². The van der Waals surface area contributed by atoms with Gasteiger partial charge in [-0.3, -0.25) is 9.59 Å². The molecule has 1 aliphatic heterocycles. The largest absolute Gasteiger partial charge is 0.373 e. The second kappa shape index (κ2) is 5.84. The molecule has 2 aromatic rings. The predicted octanol–water partition coefficient (Wildman–Crippen LogP) is 3.31. The van der Waals surface area contributed by atoms with Crippen LogP contribution in [0.15, 0.2) is 42.5 Å². The summed E-state index contributed by atoms with van der Waals surface area (Å²) in [5.41, 5.74) is -1.85. The molecule has 124 valence electrons. The van der Waals surface area contributed by atoms with Gasteiger partial charge in [0.15, 0.2) is 0 Å². The molecule has 0 saturated carbocycles. The van der Waals surface area contributed by atoms with E-state index in [2.05, 4.69) is 0 Å². The molecular formula is C17H12Cl2FNO3. The van der Waals surface area contributed by atoms with Crippen molar-refractivity contribution in [3.05, 3.63) is 65.0 Å². The predicted molar refractivity (Wildman–Crippen MR) is 88.8 cm³/mol. The molecule has 1 heterocycles. The van der Waals surface area contributed by atoms with E-state index < -0.39 is 28.1 Å². The minimum absolute atomic E-state index is 0.00462. The van der Waals surface area contributed by atoms with Gasteiger partial charge in [0.25, 0.3) is 11.8 Å². The summed E-state index contributed by atoms with van der Waals surface area (Å²) >= 11 is 11.7. The van der Waals surface area contributed by atoms with Gasteiger partial charge in [0.05, 0.1) is 5.69 Å². The van der Waals surface area contributed by atoms with Crippen LogP contribution in [0.25, 0.3) is 0 Å². The molecule has 0 fully saturated rings. The van der Waals surface area contributed by atoms with Gasteiger partial charge in [-0.05, 0) is 30.7 Å². The van der Waals surface area contributed by atoms with E-state index in [1.807, 2.05) is 0 Å². The number of rotatable bonds is 2. The lowest BCUT2D eigenvalue weighted by molar-refractivity contribution is -0.136. The highest BCUT2D eigenvalue weighted by Gasteiger charge is 2.54. The van der Waals surface area contributed by atoms with Crippen LogP contribution in [0.2, 0.25) is 0 Å². The summed E-state index contributed by atoms with van der Waals surface area (Å²) in [6.45, 7) is 1.55. The molecular weight excluding hydrogens is 356 g/mol. The minimum Gasteiger partial charge on any atom is -0.373 e. The summed E-state index contributed by atoms with van der Waals surface area (Å²) in [4.78, 5) is 24.7. The standard InChI is InChI=1S/C17H12Cl2FNO3/c1-9-6-7-10(8-13(9)20)21-14(22)11-4-2-3-5-12(11)17(24,15(18)19)16(21)23/h2-8,15,24H,1H3. The first-order valence-electron chi connectivity index (χ1n) is 7.03. The molecule has 2 aromatic carbocycles. The van der Waals surface area contributed by atoms with Crippen molar-refractivity contribution in [2.24, 2.45) is 0 Å². The molecule has 4 nitrogen and oxygen atoms in total. The maximum atomic E-state index is 13.9. The van der Waals surface area contributed by atoms with Crippen LogP contribution in [0, 0.1) is 12.7 Å². The zero-order valence-electron chi connectivity index (χ0n) is 12.5. The molecule has 3 rings (SSSR count). The van der Waals surface area contributed by atoms with Gasteiger partial charge in [-0.1, -0.05) is 24.3 Å². The van der Waals surface area contributed by atoms with Gasteiger partial charge in [0, 0.05) is 11.1 Å². The average molecular weight is 368 g/mol. The van der Waals surface area contributed by atoms with E-state index in [9.17, 15) is 19.1 Å². The number of imide groups is 1. The molecule has 0 radical (unpaired) electrons. The molecule has 2 amide bonds. The Balaban J connectivity index is 2.24. The first-order valence-corrected chi connectivity index (χ1v) is 7.91. The quantitative estimate of drug-likeness (QED) is 0.654. The number of carbonyl (C=O) groups excluding carboxylic acids is 2. The summed E-state index contributed by atoms with van der Waals surface area (Å²) in [5.74, 6) is -2.29. The molecule has 0 bridgehead atoms. The lowest BCUT2D eigenvalue weighted by Crippen LogP contribution is -2.57. The third kappa shape index (κ3) is 2.32. The fourth-order valence-electron chi connectivity index (χ4n) is 2.67. The summed E-state index contributed by atoms with van der Waals surface area (Å²) in [7, 11) is 0. The van der Waals surface area contributed by atoms with Crippen molar-refractivity contribution in [3.63, 3.8) is 0 Å². The van der Waals surface area contributed by atoms with Crippen LogP contribution in [0.5, 0.6) is 0 Å². The molecule has 0 spiro atoms. The number of amides is 2. The van der Waals surface area contributed by atoms with Crippen molar-refractivity contribution < 1.29 is 19.1 Å². The van der Waals surface area contributed by atoms with Gasteiger partial charge in [-0.2, -0.15) is 0 Å². The first-order chi connectivity index (χ1) is 11.3. The van der Waals surface area contributed by atoms with E-state index in [-0.39, 0.29) is 16.8 Å². The van der Waals surface area contributed by atoms with Crippen molar-refractivity contribution in [2.75, 3.05) is 4.90 Å². The second-order valence-corrected chi connectivity index (χ2v) is 6.59. The van der Waals surface area contributed by atoms with Crippen LogP contribution in [0.1, 0.15) is 21.5 Å². The van der Waals surface area contributed by atoms with E-state index in [0.717, 1.165) is 6.07 Å². The van der Waals surface area contributed by atoms with Gasteiger partial charge in [-0.15, -0.1) is 23.2 Å². The van der Waals surface area contributed by atoms with Gasteiger partial charge >= 0.3 is 0 Å². The average Bonchev–Trinajstić information content (AvgIpc) is 2.56. The highest BCUT2D eigenvalue weighted by atomic mass is 35.5. The van der Waals surface area contributed by atoms with E-state index in [1.54, 1.807) is 19.1 Å². The zero-order valence-corrected chi connectivity index (χ0v) is 14.0. The second-order valence-electron chi connectivity index (χ2n) is 5.49. The maximum Gasteiger partial charge on any atom is 0.273 e. The van der Waals surface area contributed by atoms with Crippen LogP contribution >= 0.6 is 23.2 Å². The SMILES string of the molecule is Cc1ccc(N2C(=O)c3ccccc3C(O)(C(Cl)Cl)C2=O)cc1F. The third-order valence-corrected chi connectivity index (χ3v) is 4.66. The summed E-state index contributed by atoms with van der Waals surface area (Å²) < 4.78 is 13.9. The molecule has 24 heavy (non-hydrogen) atoms. The first kappa shape index (κ1) is 16.9. The molecule has 0 aliphatic carbocycles. The van der Waals surface area contributed by atoms with Crippen LogP contribution in [-0.4, -0.2) is 21.8 Å². The number of aryl methyl sites for hydroxylation is 1. The van der Waals surface area contributed by atoms with Crippen molar-refractivity contribution in [3.8, 4) is 0 Å². The minimum atomic E-state index is -2.31. The summed E-state index contributed by atoms with van der Waals surface area (Å²) in [5, 5.41) is 10.8. The number of anilines is 1. The number of carbonyl (C=O) groups is 2. The van der Waals surface area contributed by atoms with E-state index in [0.29, 0.717) is 10.5 Å². The molecule has 1 unspecified atom stereocenters. The molecule has 1 N–H and O–H groups in total. The van der Waals surface area contributed by atoms with Crippen LogP contribution in [-0.2, 0) is 10.4 Å². The Morgan fingerprint density at radius 2 is 1.83 bits per heavy atom. The van der Waals surface area contributed by atoms with E-state index in [4.69, 9.17) is 23.2 Å². The topological polar surface area (TPSA) is 57.6 Å². The molecule has 0 aromatic heterocycles. The zero-order chi connectivity index (χ0) is 17.6. The van der Waals surface area contributed by atoms with Gasteiger partial charge < -0.3 is 5.11 Å². The van der Waals surface area contributed by atoms with Gasteiger partial charge in [0.2, 0.25) is 5.60 Å². The molecule has 0 saturated heterocycles. The number of alkyl halides is 2. The molecule has 1 aliphatic rings. The van der Waals surface area contributed by atoms with E-state index in [1.165, 1.54) is 24.3 Å². The monoisotopic (exact) mass is 367 g/mol. The normalized spacial score (nSPS) is 20.5. The number of hydrogen-bond acceptors (Lipinski definition) is 3.